The number of hydrogen-bond donors (Lipinski definition) is 1. The molecule has 0 saturated heterocycles. The number of rotatable bonds is 7. The minimum atomic E-state index is -3.73. The minimum absolute atomic E-state index is 0.0181. The van der Waals surface area contributed by atoms with Crippen molar-refractivity contribution in [1.29, 1.82) is 0 Å². The Labute approximate surface area is 169 Å². The van der Waals surface area contributed by atoms with Gasteiger partial charge in [-0.3, -0.25) is 4.72 Å². The summed E-state index contributed by atoms with van der Waals surface area (Å²) in [6.07, 6.45) is 1.44. The third-order valence-corrected chi connectivity index (χ3v) is 10.6. The summed E-state index contributed by atoms with van der Waals surface area (Å²) in [5, 5.41) is -0.0181. The van der Waals surface area contributed by atoms with E-state index < -0.39 is 18.3 Å². The van der Waals surface area contributed by atoms with Crippen LogP contribution in [0.1, 0.15) is 26.3 Å². The summed E-state index contributed by atoms with van der Waals surface area (Å²) in [5.74, 6) is 1.12. The SMILES string of the molecule is COc1ccc(S(=O)(=O)N/C=C(\O[Si](C)(C)C(C)(C)C)c2ccccc2)cc1. The molecule has 1 N–H and O–H groups in total. The molecule has 28 heavy (non-hydrogen) atoms. The lowest BCUT2D eigenvalue weighted by Gasteiger charge is -2.37. The van der Waals surface area contributed by atoms with E-state index in [1.807, 2.05) is 30.3 Å². The van der Waals surface area contributed by atoms with E-state index in [0.29, 0.717) is 11.5 Å². The Bertz CT molecular complexity index is 915. The molecule has 0 saturated carbocycles. The third-order valence-electron chi connectivity index (χ3n) is 4.94. The lowest BCUT2D eigenvalue weighted by molar-refractivity contribution is 0.414. The summed E-state index contributed by atoms with van der Waals surface area (Å²) >= 11 is 0. The van der Waals surface area contributed by atoms with Gasteiger partial charge in [-0.05, 0) is 42.4 Å². The zero-order valence-electron chi connectivity index (χ0n) is 17.3. The molecule has 2 rings (SSSR count). The predicted molar refractivity (Wildman–Crippen MR) is 116 cm³/mol. The van der Waals surface area contributed by atoms with Gasteiger partial charge in [-0.2, -0.15) is 0 Å². The van der Waals surface area contributed by atoms with Crippen molar-refractivity contribution < 1.29 is 17.6 Å². The zero-order valence-corrected chi connectivity index (χ0v) is 19.1. The predicted octanol–water partition coefficient (Wildman–Crippen LogP) is 4.99. The molecule has 0 bridgehead atoms. The highest BCUT2D eigenvalue weighted by Gasteiger charge is 2.39. The molecular formula is C21H29NO4SSi. The van der Waals surface area contributed by atoms with Crippen molar-refractivity contribution in [3.05, 3.63) is 66.4 Å². The Balaban J connectivity index is 2.36. The lowest BCUT2D eigenvalue weighted by atomic mass is 10.2. The van der Waals surface area contributed by atoms with Crippen molar-refractivity contribution in [3.8, 4) is 5.75 Å². The Morgan fingerprint density at radius 2 is 1.57 bits per heavy atom. The van der Waals surface area contributed by atoms with Crippen molar-refractivity contribution in [2.45, 2.75) is 43.8 Å². The molecule has 0 heterocycles. The van der Waals surface area contributed by atoms with E-state index in [4.69, 9.17) is 9.16 Å². The fourth-order valence-electron chi connectivity index (χ4n) is 2.16. The van der Waals surface area contributed by atoms with E-state index in [9.17, 15) is 8.42 Å². The summed E-state index contributed by atoms with van der Waals surface area (Å²) in [6, 6.07) is 15.8. The molecule has 2 aromatic rings. The molecule has 0 radical (unpaired) electrons. The molecule has 0 aliphatic carbocycles. The Morgan fingerprint density at radius 3 is 2.07 bits per heavy atom. The first-order valence-electron chi connectivity index (χ1n) is 9.07. The Kier molecular flexibility index (Phi) is 6.62. The molecule has 0 aromatic heterocycles. The van der Waals surface area contributed by atoms with Crippen LogP contribution in [0.2, 0.25) is 18.1 Å². The van der Waals surface area contributed by atoms with Crippen LogP contribution in [0.15, 0.2) is 65.7 Å². The fraction of sp³-hybridized carbons (Fsp3) is 0.333. The Hall–Kier alpha value is -2.25. The molecule has 0 unspecified atom stereocenters. The maximum atomic E-state index is 12.7. The van der Waals surface area contributed by atoms with Crippen LogP contribution >= 0.6 is 0 Å². The van der Waals surface area contributed by atoms with Crippen LogP contribution in [0.25, 0.3) is 5.76 Å². The number of ether oxygens (including phenoxy) is 1. The van der Waals surface area contributed by atoms with Crippen molar-refractivity contribution >= 4 is 24.1 Å². The molecule has 0 atom stereocenters. The molecule has 0 aliphatic rings. The number of sulfonamides is 1. The van der Waals surface area contributed by atoms with Crippen LogP contribution in [0.5, 0.6) is 5.75 Å². The van der Waals surface area contributed by atoms with Gasteiger partial charge < -0.3 is 9.16 Å². The summed E-state index contributed by atoms with van der Waals surface area (Å²) in [6.45, 7) is 10.7. The van der Waals surface area contributed by atoms with E-state index in [-0.39, 0.29) is 9.93 Å². The molecule has 5 nitrogen and oxygen atoms in total. The van der Waals surface area contributed by atoms with Gasteiger partial charge in [0.25, 0.3) is 18.3 Å². The number of nitrogens with one attached hydrogen (secondary N) is 1. The quantitative estimate of drug-likeness (QED) is 0.507. The van der Waals surface area contributed by atoms with Crippen molar-refractivity contribution in [3.63, 3.8) is 0 Å². The first-order chi connectivity index (χ1) is 13.0. The molecular weight excluding hydrogens is 390 g/mol. The first kappa shape index (κ1) is 22.0. The van der Waals surface area contributed by atoms with Crippen molar-refractivity contribution in [1.82, 2.24) is 4.72 Å². The molecule has 2 aromatic carbocycles. The molecule has 0 fully saturated rings. The fourth-order valence-corrected chi connectivity index (χ4v) is 4.08. The summed E-state index contributed by atoms with van der Waals surface area (Å²) in [4.78, 5) is 0.157. The number of methoxy groups -OCH3 is 1. The second-order valence-corrected chi connectivity index (χ2v) is 14.5. The van der Waals surface area contributed by atoms with Crippen molar-refractivity contribution in [2.75, 3.05) is 7.11 Å². The molecule has 7 heteroatoms. The highest BCUT2D eigenvalue weighted by atomic mass is 32.2. The van der Waals surface area contributed by atoms with Gasteiger partial charge in [0.05, 0.1) is 18.2 Å². The highest BCUT2D eigenvalue weighted by Crippen LogP contribution is 2.39. The summed E-state index contributed by atoms with van der Waals surface area (Å²) < 4.78 is 39.4. The third kappa shape index (κ3) is 5.39. The second-order valence-electron chi connectivity index (χ2n) is 8.03. The number of benzene rings is 2. The first-order valence-corrected chi connectivity index (χ1v) is 13.5. The van der Waals surface area contributed by atoms with Gasteiger partial charge in [-0.15, -0.1) is 0 Å². The molecule has 152 valence electrons. The lowest BCUT2D eigenvalue weighted by Crippen LogP contribution is -2.40. The van der Waals surface area contributed by atoms with Crippen LogP contribution in [-0.2, 0) is 14.4 Å². The Morgan fingerprint density at radius 1 is 1.00 bits per heavy atom. The topological polar surface area (TPSA) is 64.6 Å². The van der Waals surface area contributed by atoms with Crippen molar-refractivity contribution in [2.24, 2.45) is 0 Å². The zero-order chi connectivity index (χ0) is 21.0. The van der Waals surface area contributed by atoms with Gasteiger partial charge in [0.2, 0.25) is 0 Å². The molecule has 0 spiro atoms. The van der Waals surface area contributed by atoms with Crippen LogP contribution in [0.3, 0.4) is 0 Å². The van der Waals surface area contributed by atoms with Gasteiger partial charge in [0.1, 0.15) is 11.5 Å². The van der Waals surface area contributed by atoms with E-state index in [1.165, 1.54) is 25.4 Å². The number of hydrogen-bond acceptors (Lipinski definition) is 4. The average molecular weight is 420 g/mol. The van der Waals surface area contributed by atoms with Gasteiger partial charge in [-0.1, -0.05) is 51.1 Å². The van der Waals surface area contributed by atoms with E-state index >= 15 is 0 Å². The van der Waals surface area contributed by atoms with Crippen LogP contribution in [0.4, 0.5) is 0 Å². The maximum absolute atomic E-state index is 12.7. The molecule has 0 amide bonds. The normalized spacial score (nSPS) is 13.1. The maximum Gasteiger partial charge on any atom is 0.261 e. The smallest absolute Gasteiger partial charge is 0.261 e. The van der Waals surface area contributed by atoms with E-state index in [1.54, 1.807) is 12.1 Å². The van der Waals surface area contributed by atoms with Crippen LogP contribution in [0, 0.1) is 0 Å². The van der Waals surface area contributed by atoms with Crippen LogP contribution in [-0.4, -0.2) is 23.8 Å². The molecule has 0 aliphatic heterocycles. The van der Waals surface area contributed by atoms with Gasteiger partial charge in [0.15, 0.2) is 0 Å². The second kappa shape index (κ2) is 8.41. The summed E-state index contributed by atoms with van der Waals surface area (Å²) in [5.41, 5.74) is 0.824. The monoisotopic (exact) mass is 419 g/mol. The highest BCUT2D eigenvalue weighted by molar-refractivity contribution is 7.89. The van der Waals surface area contributed by atoms with Gasteiger partial charge in [0, 0.05) is 5.56 Å². The van der Waals surface area contributed by atoms with E-state index in [2.05, 4.69) is 38.6 Å². The summed E-state index contributed by atoms with van der Waals surface area (Å²) in [7, 11) is -4.35. The standard InChI is InChI=1S/C21H29NO4SSi/c1-21(2,3)28(5,6)26-20(17-10-8-7-9-11-17)16-22-27(23,24)19-14-12-18(25-4)13-15-19/h7-16,22H,1-6H3/b20-16-. The van der Waals surface area contributed by atoms with Gasteiger partial charge in [-0.25, -0.2) is 8.42 Å². The minimum Gasteiger partial charge on any atom is -0.542 e. The largest absolute Gasteiger partial charge is 0.542 e. The van der Waals surface area contributed by atoms with Crippen LogP contribution < -0.4 is 9.46 Å². The van der Waals surface area contributed by atoms with E-state index in [0.717, 1.165) is 5.56 Å². The van der Waals surface area contributed by atoms with Gasteiger partial charge >= 0.3 is 0 Å². The average Bonchev–Trinajstić information content (AvgIpc) is 2.65.